The van der Waals surface area contributed by atoms with E-state index in [-0.39, 0.29) is 0 Å². The molecule has 1 atom stereocenters. The first-order valence-corrected chi connectivity index (χ1v) is 9.70. The minimum Gasteiger partial charge on any atom is -0.320 e. The molecular weight excluding hydrogens is 314 g/mol. The van der Waals surface area contributed by atoms with Crippen molar-refractivity contribution in [3.63, 3.8) is 0 Å². The number of rotatable bonds is 4. The fourth-order valence-corrected chi connectivity index (χ4v) is 4.70. The first kappa shape index (κ1) is 17.1. The van der Waals surface area contributed by atoms with Gasteiger partial charge in [0, 0.05) is 17.0 Å². The summed E-state index contributed by atoms with van der Waals surface area (Å²) in [5.41, 5.74) is 4.42. The number of aromatic nitrogens is 2. The summed E-state index contributed by atoms with van der Waals surface area (Å²) in [6, 6.07) is 10.7. The van der Waals surface area contributed by atoms with Crippen molar-refractivity contribution < 1.29 is 0 Å². The van der Waals surface area contributed by atoms with Gasteiger partial charge < -0.3 is 4.57 Å². The monoisotopic (exact) mass is 339 g/mol. The maximum atomic E-state index is 8.95. The summed E-state index contributed by atoms with van der Waals surface area (Å²) >= 11 is 1.83. The molecule has 0 unspecified atom stereocenters. The smallest absolute Gasteiger partial charge is 0.169 e. The lowest BCUT2D eigenvalue weighted by Gasteiger charge is -2.26. The molecule has 0 N–H and O–H groups in total. The van der Waals surface area contributed by atoms with E-state index >= 15 is 0 Å². The Kier molecular flexibility index (Phi) is 5.30. The molecule has 126 valence electrons. The number of benzene rings is 1. The summed E-state index contributed by atoms with van der Waals surface area (Å²) in [5, 5.41) is 10.4. The van der Waals surface area contributed by atoms with Crippen molar-refractivity contribution in [2.24, 2.45) is 0 Å². The van der Waals surface area contributed by atoms with E-state index in [1.54, 1.807) is 0 Å². The highest BCUT2D eigenvalue weighted by molar-refractivity contribution is 7.99. The fourth-order valence-electron chi connectivity index (χ4n) is 3.50. The number of aryl methyl sites for hydroxylation is 1. The highest BCUT2D eigenvalue weighted by atomic mass is 32.2. The fraction of sp³-hybridized carbons (Fsp3) is 0.500. The second-order valence-electron chi connectivity index (χ2n) is 6.72. The minimum absolute atomic E-state index is 0.321. The van der Waals surface area contributed by atoms with E-state index in [1.807, 2.05) is 23.9 Å². The van der Waals surface area contributed by atoms with E-state index in [0.717, 1.165) is 10.9 Å². The van der Waals surface area contributed by atoms with Crippen molar-refractivity contribution in [1.29, 1.82) is 5.26 Å². The summed E-state index contributed by atoms with van der Waals surface area (Å²) in [4.78, 5) is 4.86. The molecule has 1 aliphatic rings. The molecule has 4 heteroatoms. The number of nitrogens with zero attached hydrogens (tertiary/aromatic N) is 3. The van der Waals surface area contributed by atoms with Crippen LogP contribution in [-0.2, 0) is 0 Å². The molecule has 1 aromatic heterocycles. The largest absolute Gasteiger partial charge is 0.320 e. The number of nitriles is 1. The average Bonchev–Trinajstić information content (AvgIpc) is 2.89. The third-order valence-electron chi connectivity index (χ3n) is 5.09. The molecule has 2 aromatic rings. The van der Waals surface area contributed by atoms with E-state index in [9.17, 15) is 0 Å². The standard InChI is InChI=1S/C20H25N3S/c1-14-15(2)23(19-7-5-4-6-8-19)20(22-14)24-16(3)18-11-9-17(13-21)10-12-18/h9-12,16,19H,4-8H2,1-3H3/t16-/m1/s1. The van der Waals surface area contributed by atoms with Crippen molar-refractivity contribution in [3.8, 4) is 6.07 Å². The summed E-state index contributed by atoms with van der Waals surface area (Å²) < 4.78 is 2.49. The van der Waals surface area contributed by atoms with Crippen LogP contribution in [0.5, 0.6) is 0 Å². The zero-order valence-corrected chi connectivity index (χ0v) is 15.6. The number of imidazole rings is 1. The summed E-state index contributed by atoms with van der Waals surface area (Å²) in [5.74, 6) is 0. The predicted octanol–water partition coefficient (Wildman–Crippen LogP) is 5.73. The Balaban J connectivity index is 1.83. The first-order chi connectivity index (χ1) is 11.6. The molecule has 1 fully saturated rings. The average molecular weight is 340 g/mol. The van der Waals surface area contributed by atoms with E-state index in [1.165, 1.54) is 43.4 Å². The van der Waals surface area contributed by atoms with Crippen LogP contribution in [0.1, 0.15) is 72.8 Å². The number of hydrogen-bond donors (Lipinski definition) is 0. The van der Waals surface area contributed by atoms with Gasteiger partial charge in [-0.3, -0.25) is 0 Å². The molecule has 0 aliphatic heterocycles. The van der Waals surface area contributed by atoms with E-state index in [2.05, 4.69) is 43.5 Å². The SMILES string of the molecule is Cc1nc(S[C@H](C)c2ccc(C#N)cc2)n(C2CCCCC2)c1C. The van der Waals surface area contributed by atoms with Crippen molar-refractivity contribution in [2.75, 3.05) is 0 Å². The molecule has 1 heterocycles. The van der Waals surface area contributed by atoms with Crippen LogP contribution < -0.4 is 0 Å². The normalized spacial score (nSPS) is 16.8. The third-order valence-corrected chi connectivity index (χ3v) is 6.21. The predicted molar refractivity (Wildman–Crippen MR) is 99.3 cm³/mol. The van der Waals surface area contributed by atoms with Gasteiger partial charge in [-0.25, -0.2) is 4.98 Å². The van der Waals surface area contributed by atoms with Gasteiger partial charge in [0.05, 0.1) is 17.3 Å². The lowest BCUT2D eigenvalue weighted by Crippen LogP contribution is -2.15. The summed E-state index contributed by atoms with van der Waals surface area (Å²) in [6.07, 6.45) is 6.57. The quantitative estimate of drug-likeness (QED) is 0.668. The van der Waals surface area contributed by atoms with E-state index in [4.69, 9.17) is 10.2 Å². The van der Waals surface area contributed by atoms with Crippen molar-refractivity contribution >= 4 is 11.8 Å². The molecule has 0 spiro atoms. The van der Waals surface area contributed by atoms with Crippen LogP contribution in [0, 0.1) is 25.2 Å². The van der Waals surface area contributed by atoms with Crippen LogP contribution in [0.4, 0.5) is 0 Å². The number of hydrogen-bond acceptors (Lipinski definition) is 3. The van der Waals surface area contributed by atoms with Gasteiger partial charge in [0.25, 0.3) is 0 Å². The molecule has 0 bridgehead atoms. The molecule has 0 radical (unpaired) electrons. The molecule has 3 rings (SSSR count). The van der Waals surface area contributed by atoms with Gasteiger partial charge in [-0.05, 0) is 51.3 Å². The topological polar surface area (TPSA) is 41.6 Å². The zero-order valence-electron chi connectivity index (χ0n) is 14.7. The molecule has 0 amide bonds. The minimum atomic E-state index is 0.321. The maximum absolute atomic E-state index is 8.95. The molecule has 0 saturated heterocycles. The molecule has 1 saturated carbocycles. The third kappa shape index (κ3) is 3.52. The molecule has 1 aliphatic carbocycles. The Morgan fingerprint density at radius 3 is 2.46 bits per heavy atom. The molecule has 24 heavy (non-hydrogen) atoms. The van der Waals surface area contributed by atoms with Crippen molar-refractivity contribution in [3.05, 3.63) is 46.8 Å². The lowest BCUT2D eigenvalue weighted by molar-refractivity contribution is 0.332. The van der Waals surface area contributed by atoms with Gasteiger partial charge in [-0.15, -0.1) is 0 Å². The Hall–Kier alpha value is -1.73. The Bertz CT molecular complexity index is 733. The summed E-state index contributed by atoms with van der Waals surface area (Å²) in [7, 11) is 0. The van der Waals surface area contributed by atoms with Crippen molar-refractivity contribution in [2.45, 2.75) is 69.3 Å². The van der Waals surface area contributed by atoms with E-state index < -0.39 is 0 Å². The van der Waals surface area contributed by atoms with Crippen LogP contribution in [0.2, 0.25) is 0 Å². The summed E-state index contributed by atoms with van der Waals surface area (Å²) in [6.45, 7) is 6.54. The molecular formula is C20H25N3S. The maximum Gasteiger partial charge on any atom is 0.169 e. The van der Waals surface area contributed by atoms with Crippen LogP contribution >= 0.6 is 11.8 Å². The van der Waals surface area contributed by atoms with E-state index in [0.29, 0.717) is 16.9 Å². The second kappa shape index (κ2) is 7.44. The first-order valence-electron chi connectivity index (χ1n) is 8.82. The van der Waals surface area contributed by atoms with Crippen LogP contribution in [0.3, 0.4) is 0 Å². The van der Waals surface area contributed by atoms with Gasteiger partial charge in [-0.2, -0.15) is 5.26 Å². The Morgan fingerprint density at radius 2 is 1.83 bits per heavy atom. The molecule has 3 nitrogen and oxygen atoms in total. The Labute approximate surface area is 149 Å². The zero-order chi connectivity index (χ0) is 17.1. The molecule has 1 aromatic carbocycles. The second-order valence-corrected chi connectivity index (χ2v) is 8.03. The Morgan fingerprint density at radius 1 is 1.17 bits per heavy atom. The van der Waals surface area contributed by atoms with Gasteiger partial charge in [0.1, 0.15) is 0 Å². The van der Waals surface area contributed by atoms with Crippen LogP contribution in [0.25, 0.3) is 0 Å². The van der Waals surface area contributed by atoms with Gasteiger partial charge >= 0.3 is 0 Å². The highest BCUT2D eigenvalue weighted by Crippen LogP contribution is 2.39. The van der Waals surface area contributed by atoms with Gasteiger partial charge in [0.15, 0.2) is 5.16 Å². The highest BCUT2D eigenvalue weighted by Gasteiger charge is 2.23. The van der Waals surface area contributed by atoms with Crippen LogP contribution in [0.15, 0.2) is 29.4 Å². The van der Waals surface area contributed by atoms with Gasteiger partial charge in [-0.1, -0.05) is 43.2 Å². The number of thioether (sulfide) groups is 1. The van der Waals surface area contributed by atoms with Crippen molar-refractivity contribution in [1.82, 2.24) is 9.55 Å². The van der Waals surface area contributed by atoms with Crippen LogP contribution in [-0.4, -0.2) is 9.55 Å². The lowest BCUT2D eigenvalue weighted by atomic mass is 9.95. The van der Waals surface area contributed by atoms with Gasteiger partial charge in [0.2, 0.25) is 0 Å².